The molecule has 0 spiro atoms. The normalized spacial score (nSPS) is 10.7. The SMILES string of the molecule is CN(C)c1ncc(Br)c2ccc(F)cc12. The topological polar surface area (TPSA) is 16.1 Å². The van der Waals surface area contributed by atoms with E-state index in [9.17, 15) is 4.39 Å². The van der Waals surface area contributed by atoms with Crippen molar-refractivity contribution in [1.82, 2.24) is 4.98 Å². The molecule has 2 aromatic rings. The molecule has 0 saturated carbocycles. The summed E-state index contributed by atoms with van der Waals surface area (Å²) in [4.78, 5) is 6.13. The first-order valence-electron chi connectivity index (χ1n) is 4.50. The molecular formula is C11H10BrFN2. The largest absolute Gasteiger partial charge is 0.362 e. The lowest BCUT2D eigenvalue weighted by Crippen LogP contribution is -2.11. The van der Waals surface area contributed by atoms with Gasteiger partial charge in [-0.2, -0.15) is 0 Å². The van der Waals surface area contributed by atoms with Gasteiger partial charge in [0, 0.05) is 35.5 Å². The van der Waals surface area contributed by atoms with Gasteiger partial charge in [0.2, 0.25) is 0 Å². The van der Waals surface area contributed by atoms with E-state index in [2.05, 4.69) is 20.9 Å². The third-order valence-corrected chi connectivity index (χ3v) is 2.84. The molecule has 0 radical (unpaired) electrons. The molecule has 0 unspecified atom stereocenters. The quantitative estimate of drug-likeness (QED) is 0.790. The van der Waals surface area contributed by atoms with Crippen molar-refractivity contribution in [3.8, 4) is 0 Å². The van der Waals surface area contributed by atoms with Crippen LogP contribution in [-0.2, 0) is 0 Å². The van der Waals surface area contributed by atoms with Gasteiger partial charge >= 0.3 is 0 Å². The van der Waals surface area contributed by atoms with Gasteiger partial charge in [0.15, 0.2) is 0 Å². The van der Waals surface area contributed by atoms with Crippen molar-refractivity contribution < 1.29 is 4.39 Å². The van der Waals surface area contributed by atoms with Crippen LogP contribution in [0, 0.1) is 5.82 Å². The monoisotopic (exact) mass is 268 g/mol. The van der Waals surface area contributed by atoms with Crippen LogP contribution in [0.3, 0.4) is 0 Å². The molecule has 4 heteroatoms. The Morgan fingerprint density at radius 1 is 1.27 bits per heavy atom. The van der Waals surface area contributed by atoms with E-state index in [1.54, 1.807) is 12.3 Å². The van der Waals surface area contributed by atoms with E-state index >= 15 is 0 Å². The van der Waals surface area contributed by atoms with Crippen LogP contribution in [-0.4, -0.2) is 19.1 Å². The van der Waals surface area contributed by atoms with Crippen LogP contribution >= 0.6 is 15.9 Å². The Bertz CT molecular complexity index is 511. The highest BCUT2D eigenvalue weighted by molar-refractivity contribution is 9.10. The van der Waals surface area contributed by atoms with Gasteiger partial charge in [0.25, 0.3) is 0 Å². The minimum absolute atomic E-state index is 0.245. The summed E-state index contributed by atoms with van der Waals surface area (Å²) >= 11 is 3.40. The van der Waals surface area contributed by atoms with Crippen molar-refractivity contribution >= 4 is 32.5 Å². The summed E-state index contributed by atoms with van der Waals surface area (Å²) in [5, 5.41) is 1.78. The molecule has 0 bridgehead atoms. The highest BCUT2D eigenvalue weighted by Crippen LogP contribution is 2.29. The fourth-order valence-electron chi connectivity index (χ4n) is 1.52. The molecule has 0 fully saturated rings. The number of aromatic nitrogens is 1. The number of anilines is 1. The van der Waals surface area contributed by atoms with Crippen LogP contribution in [0.25, 0.3) is 10.8 Å². The Morgan fingerprint density at radius 3 is 2.67 bits per heavy atom. The van der Waals surface area contributed by atoms with Gasteiger partial charge in [-0.25, -0.2) is 9.37 Å². The molecule has 0 saturated heterocycles. The molecule has 0 amide bonds. The zero-order valence-electron chi connectivity index (χ0n) is 8.46. The first-order chi connectivity index (χ1) is 7.09. The summed E-state index contributed by atoms with van der Waals surface area (Å²) in [7, 11) is 3.78. The summed E-state index contributed by atoms with van der Waals surface area (Å²) in [6.45, 7) is 0. The third kappa shape index (κ3) is 1.81. The number of benzene rings is 1. The van der Waals surface area contributed by atoms with Gasteiger partial charge in [0.05, 0.1) is 0 Å². The van der Waals surface area contributed by atoms with Crippen LogP contribution in [0.5, 0.6) is 0 Å². The second-order valence-corrected chi connectivity index (χ2v) is 4.37. The zero-order chi connectivity index (χ0) is 11.0. The van der Waals surface area contributed by atoms with Crippen molar-refractivity contribution in [2.24, 2.45) is 0 Å². The van der Waals surface area contributed by atoms with Crippen LogP contribution in [0.2, 0.25) is 0 Å². The Kier molecular flexibility index (Phi) is 2.61. The molecule has 1 aromatic heterocycles. The summed E-state index contributed by atoms with van der Waals surface area (Å²) in [5.41, 5.74) is 0. The smallest absolute Gasteiger partial charge is 0.136 e. The highest BCUT2D eigenvalue weighted by Gasteiger charge is 2.08. The van der Waals surface area contributed by atoms with Gasteiger partial charge in [-0.15, -0.1) is 0 Å². The molecular weight excluding hydrogens is 259 g/mol. The van der Waals surface area contributed by atoms with Crippen molar-refractivity contribution in [3.05, 3.63) is 34.7 Å². The fourth-order valence-corrected chi connectivity index (χ4v) is 1.97. The van der Waals surface area contributed by atoms with Crippen LogP contribution < -0.4 is 4.90 Å². The predicted molar refractivity (Wildman–Crippen MR) is 63.7 cm³/mol. The van der Waals surface area contributed by atoms with Crippen molar-refractivity contribution in [2.45, 2.75) is 0 Å². The molecule has 78 valence electrons. The Morgan fingerprint density at radius 2 is 2.00 bits per heavy atom. The van der Waals surface area contributed by atoms with Gasteiger partial charge in [-0.1, -0.05) is 6.07 Å². The first-order valence-corrected chi connectivity index (χ1v) is 5.30. The maximum absolute atomic E-state index is 13.2. The van der Waals surface area contributed by atoms with Gasteiger partial charge in [-0.05, 0) is 28.1 Å². The summed E-state index contributed by atoms with van der Waals surface area (Å²) in [5.74, 6) is 0.526. The Hall–Kier alpha value is -1.16. The van der Waals surface area contributed by atoms with Crippen molar-refractivity contribution in [3.63, 3.8) is 0 Å². The lowest BCUT2D eigenvalue weighted by atomic mass is 10.1. The van der Waals surface area contributed by atoms with Gasteiger partial charge in [-0.3, -0.25) is 0 Å². The molecule has 0 aliphatic heterocycles. The standard InChI is InChI=1S/C11H10BrFN2/c1-15(2)11-9-5-7(13)3-4-8(9)10(12)6-14-11/h3-6H,1-2H3. The van der Waals surface area contributed by atoms with Crippen LogP contribution in [0.4, 0.5) is 10.2 Å². The highest BCUT2D eigenvalue weighted by atomic mass is 79.9. The molecule has 1 aromatic carbocycles. The number of hydrogen-bond acceptors (Lipinski definition) is 2. The molecule has 0 aliphatic rings. The van der Waals surface area contributed by atoms with E-state index in [0.29, 0.717) is 0 Å². The average molecular weight is 269 g/mol. The number of fused-ring (bicyclic) bond motifs is 1. The number of halogens is 2. The lowest BCUT2D eigenvalue weighted by Gasteiger charge is -2.14. The lowest BCUT2D eigenvalue weighted by molar-refractivity contribution is 0.629. The number of hydrogen-bond donors (Lipinski definition) is 0. The minimum Gasteiger partial charge on any atom is -0.362 e. The molecule has 15 heavy (non-hydrogen) atoms. The molecule has 2 nitrogen and oxygen atoms in total. The molecule has 0 N–H and O–H groups in total. The number of rotatable bonds is 1. The number of pyridine rings is 1. The minimum atomic E-state index is -0.245. The summed E-state index contributed by atoms with van der Waals surface area (Å²) < 4.78 is 14.0. The van der Waals surface area contributed by atoms with Crippen LogP contribution in [0.1, 0.15) is 0 Å². The Labute approximate surface area is 95.9 Å². The van der Waals surface area contributed by atoms with E-state index in [-0.39, 0.29) is 5.82 Å². The number of nitrogens with zero attached hydrogens (tertiary/aromatic N) is 2. The van der Waals surface area contributed by atoms with E-state index < -0.39 is 0 Å². The van der Waals surface area contributed by atoms with Gasteiger partial charge in [0.1, 0.15) is 11.6 Å². The summed E-state index contributed by atoms with van der Waals surface area (Å²) in [6.07, 6.45) is 1.73. The second kappa shape index (κ2) is 3.77. The third-order valence-electron chi connectivity index (χ3n) is 2.20. The molecule has 0 atom stereocenters. The van der Waals surface area contributed by atoms with E-state index in [0.717, 1.165) is 21.1 Å². The average Bonchev–Trinajstić information content (AvgIpc) is 2.17. The maximum Gasteiger partial charge on any atom is 0.136 e. The molecule has 0 aliphatic carbocycles. The van der Waals surface area contributed by atoms with E-state index in [4.69, 9.17) is 0 Å². The molecule has 2 rings (SSSR count). The van der Waals surface area contributed by atoms with E-state index in [1.165, 1.54) is 12.1 Å². The predicted octanol–water partition coefficient (Wildman–Crippen LogP) is 3.20. The van der Waals surface area contributed by atoms with Crippen molar-refractivity contribution in [1.29, 1.82) is 0 Å². The fraction of sp³-hybridized carbons (Fsp3) is 0.182. The van der Waals surface area contributed by atoms with Crippen molar-refractivity contribution in [2.75, 3.05) is 19.0 Å². The van der Waals surface area contributed by atoms with Crippen LogP contribution in [0.15, 0.2) is 28.9 Å². The van der Waals surface area contributed by atoms with E-state index in [1.807, 2.05) is 19.0 Å². The summed E-state index contributed by atoms with van der Waals surface area (Å²) in [6, 6.07) is 4.71. The maximum atomic E-state index is 13.2. The van der Waals surface area contributed by atoms with Gasteiger partial charge < -0.3 is 4.90 Å². The second-order valence-electron chi connectivity index (χ2n) is 3.51. The first kappa shape index (κ1) is 10.4. The Balaban J connectivity index is 2.84. The zero-order valence-corrected chi connectivity index (χ0v) is 10.0. The molecule has 1 heterocycles.